The van der Waals surface area contributed by atoms with E-state index in [1.54, 1.807) is 9.95 Å². The number of allylic oxidation sites excluding steroid dienone is 2. The number of rotatable bonds is 0. The zero-order valence-corrected chi connectivity index (χ0v) is 4.84. The van der Waals surface area contributed by atoms with Gasteiger partial charge in [-0.2, -0.15) is 0 Å². The molecule has 0 spiro atoms. The average Bonchev–Trinajstić information content (AvgIpc) is 1.86. The summed E-state index contributed by atoms with van der Waals surface area (Å²) < 4.78 is 10.3. The molecule has 0 saturated carbocycles. The van der Waals surface area contributed by atoms with Crippen molar-refractivity contribution in [2.45, 2.75) is 0 Å². The second-order valence-corrected chi connectivity index (χ2v) is 3.51. The van der Waals surface area contributed by atoms with Gasteiger partial charge in [0.15, 0.2) is 0 Å². The van der Waals surface area contributed by atoms with Crippen molar-refractivity contribution < 1.29 is 3.83 Å². The maximum absolute atomic E-state index is 10.3. The van der Waals surface area contributed by atoms with E-state index in [2.05, 4.69) is 0 Å². The Balaban J connectivity index is 2.86. The van der Waals surface area contributed by atoms with E-state index in [4.69, 9.17) is 0 Å². The Labute approximate surface area is 40.4 Å². The van der Waals surface area contributed by atoms with Crippen molar-refractivity contribution in [2.24, 2.45) is 0 Å². The Hall–Kier alpha value is -0.201. The maximum atomic E-state index is 10.3. The topological polar surface area (TPSA) is 17.1 Å². The van der Waals surface area contributed by atoms with E-state index in [9.17, 15) is 3.83 Å². The van der Waals surface area contributed by atoms with Crippen LogP contribution in [-0.4, -0.2) is 13.8 Å². The molecule has 6 heavy (non-hydrogen) atoms. The van der Waals surface area contributed by atoms with Crippen LogP contribution in [0, 0.1) is 0 Å². The van der Waals surface area contributed by atoms with Gasteiger partial charge in [0.2, 0.25) is 0 Å². The van der Waals surface area contributed by atoms with Gasteiger partial charge in [0.05, 0.1) is 0 Å². The summed E-state index contributed by atoms with van der Waals surface area (Å²) in [5, 5.41) is 0. The predicted octanol–water partition coefficient (Wildman–Crippen LogP) is 0.613. The first kappa shape index (κ1) is 3.97. The summed E-state index contributed by atoms with van der Waals surface area (Å²) in [4.78, 5) is 3.47. The SMILES string of the molecule is O=[Se]1C=CC=C1. The molecule has 0 N–H and O–H groups in total. The Morgan fingerprint density at radius 1 is 1.17 bits per heavy atom. The van der Waals surface area contributed by atoms with Crippen LogP contribution in [0.4, 0.5) is 0 Å². The molecule has 1 nitrogen and oxygen atoms in total. The molecule has 1 rings (SSSR count). The Morgan fingerprint density at radius 3 is 1.83 bits per heavy atom. The quantitative estimate of drug-likeness (QED) is 0.459. The fraction of sp³-hybridized carbons (Fsp3) is 0. The van der Waals surface area contributed by atoms with E-state index in [1.807, 2.05) is 12.2 Å². The van der Waals surface area contributed by atoms with E-state index in [0.717, 1.165) is 0 Å². The minimum atomic E-state index is -1.55. The molecule has 0 aliphatic carbocycles. The van der Waals surface area contributed by atoms with E-state index in [-0.39, 0.29) is 0 Å². The van der Waals surface area contributed by atoms with Gasteiger partial charge >= 0.3 is 39.8 Å². The van der Waals surface area contributed by atoms with Gasteiger partial charge in [-0.3, -0.25) is 0 Å². The fourth-order valence-electron chi connectivity index (χ4n) is 0.291. The van der Waals surface area contributed by atoms with Gasteiger partial charge in [-0.05, 0) is 0 Å². The Morgan fingerprint density at radius 2 is 1.67 bits per heavy atom. The molecule has 0 atom stereocenters. The van der Waals surface area contributed by atoms with E-state index in [0.29, 0.717) is 0 Å². The first-order valence-electron chi connectivity index (χ1n) is 1.64. The monoisotopic (exact) mass is 148 g/mol. The van der Waals surface area contributed by atoms with Crippen LogP contribution in [0.15, 0.2) is 22.1 Å². The normalized spacial score (nSPS) is 20.0. The summed E-state index contributed by atoms with van der Waals surface area (Å²) in [5.41, 5.74) is 0. The summed E-state index contributed by atoms with van der Waals surface area (Å²) in [6.45, 7) is 0. The Kier molecular flexibility index (Phi) is 0.992. The van der Waals surface area contributed by atoms with Gasteiger partial charge in [0, 0.05) is 0 Å². The standard InChI is InChI=1S/C4H4OSe/c5-6-3-1-2-4-6/h1-4H. The molecule has 1 aliphatic heterocycles. The molecule has 0 saturated heterocycles. The second-order valence-electron chi connectivity index (χ2n) is 0.986. The van der Waals surface area contributed by atoms with Gasteiger partial charge in [-0.25, -0.2) is 0 Å². The van der Waals surface area contributed by atoms with Crippen molar-refractivity contribution in [1.29, 1.82) is 0 Å². The zero-order chi connectivity index (χ0) is 4.41. The van der Waals surface area contributed by atoms with Gasteiger partial charge < -0.3 is 0 Å². The van der Waals surface area contributed by atoms with Gasteiger partial charge in [-0.15, -0.1) is 0 Å². The molecule has 1 aliphatic rings. The van der Waals surface area contributed by atoms with Gasteiger partial charge in [0.1, 0.15) is 0 Å². The van der Waals surface area contributed by atoms with Crippen molar-refractivity contribution >= 4 is 13.8 Å². The number of hydrogen-bond acceptors (Lipinski definition) is 1. The first-order valence-corrected chi connectivity index (χ1v) is 4.32. The van der Waals surface area contributed by atoms with E-state index >= 15 is 0 Å². The third-order valence-electron chi connectivity index (χ3n) is 0.536. The Bertz CT molecular complexity index is 110. The van der Waals surface area contributed by atoms with Crippen LogP contribution in [0.1, 0.15) is 0 Å². The second kappa shape index (κ2) is 1.50. The molecule has 0 bridgehead atoms. The predicted molar refractivity (Wildman–Crippen MR) is 24.7 cm³/mol. The molecule has 0 unspecified atom stereocenters. The summed E-state index contributed by atoms with van der Waals surface area (Å²) in [5.74, 6) is 0. The minimum absolute atomic E-state index is 1.55. The van der Waals surface area contributed by atoms with Crippen molar-refractivity contribution in [3.8, 4) is 0 Å². The first-order chi connectivity index (χ1) is 2.89. The van der Waals surface area contributed by atoms with Crippen LogP contribution in [0.3, 0.4) is 0 Å². The molecule has 2 heteroatoms. The van der Waals surface area contributed by atoms with Gasteiger partial charge in [0.25, 0.3) is 0 Å². The van der Waals surface area contributed by atoms with Crippen LogP contribution >= 0.6 is 0 Å². The summed E-state index contributed by atoms with van der Waals surface area (Å²) in [6.07, 6.45) is 3.63. The summed E-state index contributed by atoms with van der Waals surface area (Å²) >= 11 is -1.55. The molecular weight excluding hydrogens is 143 g/mol. The molecular formula is C4H4OSe. The molecule has 0 aromatic carbocycles. The molecule has 0 fully saturated rings. The van der Waals surface area contributed by atoms with Crippen molar-refractivity contribution in [1.82, 2.24) is 0 Å². The molecule has 32 valence electrons. The summed E-state index contributed by atoms with van der Waals surface area (Å²) in [6, 6.07) is 0. The van der Waals surface area contributed by atoms with Crippen LogP contribution in [0.25, 0.3) is 0 Å². The van der Waals surface area contributed by atoms with Gasteiger partial charge in [-0.1, -0.05) is 0 Å². The van der Waals surface area contributed by atoms with Crippen molar-refractivity contribution in [3.63, 3.8) is 0 Å². The van der Waals surface area contributed by atoms with Crippen LogP contribution < -0.4 is 0 Å². The van der Waals surface area contributed by atoms with E-state index < -0.39 is 13.8 Å². The third kappa shape index (κ3) is 0.644. The van der Waals surface area contributed by atoms with Crippen LogP contribution in [0.5, 0.6) is 0 Å². The van der Waals surface area contributed by atoms with Crippen LogP contribution in [0.2, 0.25) is 0 Å². The molecule has 0 amide bonds. The third-order valence-corrected chi connectivity index (χ3v) is 2.32. The van der Waals surface area contributed by atoms with E-state index in [1.165, 1.54) is 0 Å². The average molecular weight is 147 g/mol. The van der Waals surface area contributed by atoms with Crippen molar-refractivity contribution in [2.75, 3.05) is 0 Å². The van der Waals surface area contributed by atoms with Crippen molar-refractivity contribution in [3.05, 3.63) is 22.1 Å². The van der Waals surface area contributed by atoms with Crippen LogP contribution in [-0.2, 0) is 3.83 Å². The fourth-order valence-corrected chi connectivity index (χ4v) is 1.51. The number of hydrogen-bond donors (Lipinski definition) is 0. The molecule has 0 aromatic heterocycles. The molecule has 1 heterocycles. The summed E-state index contributed by atoms with van der Waals surface area (Å²) in [7, 11) is 0. The zero-order valence-electron chi connectivity index (χ0n) is 3.13. The molecule has 0 radical (unpaired) electrons. The molecule has 0 aromatic rings.